The van der Waals surface area contributed by atoms with Crippen LogP contribution in [0.2, 0.25) is 0 Å². The second-order valence-electron chi connectivity index (χ2n) is 7.94. The van der Waals surface area contributed by atoms with E-state index in [-0.39, 0.29) is 101 Å². The van der Waals surface area contributed by atoms with Crippen molar-refractivity contribution >= 4 is 23.4 Å². The Kier molecular flexibility index (Phi) is 15.4. The van der Waals surface area contributed by atoms with E-state index < -0.39 is 5.92 Å². The number of nitrogens with zero attached hydrogens (tertiary/aromatic N) is 1. The maximum atomic E-state index is 12.4. The van der Waals surface area contributed by atoms with Crippen LogP contribution in [0.15, 0.2) is 24.3 Å². The van der Waals surface area contributed by atoms with Crippen molar-refractivity contribution in [3.05, 3.63) is 40.7 Å². The molecule has 0 heterocycles. The Labute approximate surface area is 239 Å². The Morgan fingerprint density at radius 1 is 1.12 bits per heavy atom. The zero-order valence-electron chi connectivity index (χ0n) is 19.4. The van der Waals surface area contributed by atoms with E-state index in [9.17, 15) is 19.2 Å². The smallest absolute Gasteiger partial charge is 0.648 e. The van der Waals surface area contributed by atoms with Crippen molar-refractivity contribution in [1.82, 2.24) is 5.32 Å². The van der Waals surface area contributed by atoms with Gasteiger partial charge in [0.05, 0.1) is 18.4 Å². The largest absolute Gasteiger partial charge is 1.00 e. The number of ether oxygens (including phenoxy) is 1. The van der Waals surface area contributed by atoms with Crippen molar-refractivity contribution in [2.24, 2.45) is 5.92 Å². The van der Waals surface area contributed by atoms with Crippen LogP contribution in [0.3, 0.4) is 0 Å². The molecule has 0 bridgehead atoms. The molecule has 32 heavy (non-hydrogen) atoms. The van der Waals surface area contributed by atoms with E-state index in [1.54, 1.807) is 0 Å². The van der Waals surface area contributed by atoms with Gasteiger partial charge in [-0.15, -0.1) is 6.54 Å². The van der Waals surface area contributed by atoms with Crippen LogP contribution >= 0.6 is 0 Å². The summed E-state index contributed by atoms with van der Waals surface area (Å²) in [5, 5.41) is 6.78. The van der Waals surface area contributed by atoms with Crippen molar-refractivity contribution in [3.8, 4) is 0 Å². The molecule has 1 aromatic carbocycles. The molecule has 1 aromatic rings. The number of Topliss-reactive ketones (excluding diaryl/α,β-unsaturated/α-hetero) is 2. The van der Waals surface area contributed by atoms with E-state index in [1.807, 2.05) is 31.2 Å². The van der Waals surface area contributed by atoms with Gasteiger partial charge in [-0.1, -0.05) is 43.2 Å². The average molecular weight is 515 g/mol. The Balaban J connectivity index is 0.00000512. The van der Waals surface area contributed by atoms with Crippen LogP contribution in [0, 0.1) is 5.92 Å². The molecule has 0 radical (unpaired) electrons. The van der Waals surface area contributed by atoms with Crippen molar-refractivity contribution < 1.29 is 82.1 Å². The molecule has 0 saturated heterocycles. The molecule has 1 aliphatic carbocycles. The third-order valence-electron chi connectivity index (χ3n) is 5.27. The van der Waals surface area contributed by atoms with Crippen LogP contribution in [0.1, 0.15) is 63.0 Å². The summed E-state index contributed by atoms with van der Waals surface area (Å²) in [6, 6.07) is 7.39. The van der Waals surface area contributed by atoms with Gasteiger partial charge >= 0.3 is 58.2 Å². The SMILES string of the molecule is CCCNC(=O)CCCOCC(=O)[N-]Cc1ccc(CC(=O)C2CCCCC2=O)cc1.[Rb+]. The summed E-state index contributed by atoms with van der Waals surface area (Å²) in [7, 11) is 0. The molecule has 1 saturated carbocycles. The molecular weight excluding hydrogens is 482 g/mol. The standard InChI is InChI=1S/C24H34N2O5.Rb/c1-2-13-25-23(29)8-5-14-31-17-24(30)26-16-19-11-9-18(10-12-19)15-22(28)20-6-3-4-7-21(20)27;/h9-12,20H,2-8,13-17H2,1H3,(H2,25,26,29,30);/q;+1/p-1. The molecular formula is C24H33N2O5Rb. The summed E-state index contributed by atoms with van der Waals surface area (Å²) in [6.07, 6.45) is 5.13. The zero-order chi connectivity index (χ0) is 22.5. The minimum absolute atomic E-state index is 0. The number of carbonyl (C=O) groups is 4. The van der Waals surface area contributed by atoms with Crippen LogP contribution < -0.4 is 63.5 Å². The van der Waals surface area contributed by atoms with E-state index in [1.165, 1.54) is 0 Å². The first-order valence-corrected chi connectivity index (χ1v) is 11.2. The number of amides is 2. The molecule has 0 spiro atoms. The molecule has 170 valence electrons. The van der Waals surface area contributed by atoms with E-state index in [0.717, 1.165) is 30.4 Å². The molecule has 1 unspecified atom stereocenters. The number of nitrogens with one attached hydrogen (secondary N) is 1. The maximum Gasteiger partial charge on any atom is 1.00 e. The Morgan fingerprint density at radius 3 is 2.53 bits per heavy atom. The number of carbonyl (C=O) groups excluding carboxylic acids is 4. The van der Waals surface area contributed by atoms with E-state index in [2.05, 4.69) is 10.6 Å². The fourth-order valence-corrected chi connectivity index (χ4v) is 3.48. The second-order valence-corrected chi connectivity index (χ2v) is 7.94. The van der Waals surface area contributed by atoms with Crippen LogP contribution in [0.4, 0.5) is 0 Å². The molecule has 8 heteroatoms. The summed E-state index contributed by atoms with van der Waals surface area (Å²) < 4.78 is 5.28. The van der Waals surface area contributed by atoms with E-state index in [0.29, 0.717) is 38.8 Å². The summed E-state index contributed by atoms with van der Waals surface area (Å²) in [4.78, 5) is 47.6. The topological polar surface area (TPSA) is 104 Å². The molecule has 0 aliphatic heterocycles. The number of hydrogen-bond acceptors (Lipinski definition) is 5. The molecule has 1 N–H and O–H groups in total. The van der Waals surface area contributed by atoms with Gasteiger partial charge in [0.25, 0.3) is 0 Å². The zero-order valence-corrected chi connectivity index (χ0v) is 24.3. The fourth-order valence-electron chi connectivity index (χ4n) is 3.48. The Bertz CT molecular complexity index is 751. The fraction of sp³-hybridized carbons (Fsp3) is 0.583. The van der Waals surface area contributed by atoms with Gasteiger partial charge < -0.3 is 20.2 Å². The van der Waals surface area contributed by atoms with Gasteiger partial charge in [0.15, 0.2) is 0 Å². The Morgan fingerprint density at radius 2 is 1.84 bits per heavy atom. The minimum Gasteiger partial charge on any atom is -0.648 e. The predicted octanol–water partition coefficient (Wildman–Crippen LogP) is 0.285. The van der Waals surface area contributed by atoms with Crippen LogP contribution in [0.5, 0.6) is 0 Å². The quantitative estimate of drug-likeness (QED) is 0.301. The Hall–Kier alpha value is -0.735. The molecule has 0 aromatic heterocycles. The van der Waals surface area contributed by atoms with E-state index >= 15 is 0 Å². The molecule has 7 nitrogen and oxygen atoms in total. The van der Waals surface area contributed by atoms with Crippen molar-refractivity contribution in [2.75, 3.05) is 19.8 Å². The normalized spacial score (nSPS) is 15.5. The van der Waals surface area contributed by atoms with Gasteiger partial charge in [-0.3, -0.25) is 14.4 Å². The van der Waals surface area contributed by atoms with Gasteiger partial charge in [-0.25, -0.2) is 0 Å². The number of hydrogen-bond donors (Lipinski definition) is 1. The number of rotatable bonds is 13. The van der Waals surface area contributed by atoms with Crippen LogP contribution in [-0.2, 0) is 36.9 Å². The third kappa shape index (κ3) is 11.4. The van der Waals surface area contributed by atoms with Crippen molar-refractivity contribution in [3.63, 3.8) is 0 Å². The molecule has 1 aliphatic rings. The second kappa shape index (κ2) is 16.8. The van der Waals surface area contributed by atoms with Crippen molar-refractivity contribution in [1.29, 1.82) is 0 Å². The first kappa shape index (κ1) is 29.3. The minimum atomic E-state index is -0.438. The first-order valence-electron chi connectivity index (χ1n) is 11.2. The average Bonchev–Trinajstić information content (AvgIpc) is 2.77. The third-order valence-corrected chi connectivity index (χ3v) is 5.27. The maximum absolute atomic E-state index is 12.4. The monoisotopic (exact) mass is 514 g/mol. The van der Waals surface area contributed by atoms with E-state index in [4.69, 9.17) is 4.74 Å². The summed E-state index contributed by atoms with van der Waals surface area (Å²) >= 11 is 0. The van der Waals surface area contributed by atoms with Gasteiger partial charge in [0.2, 0.25) is 5.91 Å². The summed E-state index contributed by atoms with van der Waals surface area (Å²) in [5.41, 5.74) is 1.73. The van der Waals surface area contributed by atoms with Crippen LogP contribution in [-0.4, -0.2) is 43.1 Å². The van der Waals surface area contributed by atoms with Crippen LogP contribution in [0.25, 0.3) is 5.32 Å². The molecule has 2 amide bonds. The molecule has 1 fully saturated rings. The number of ketones is 2. The van der Waals surface area contributed by atoms with Gasteiger partial charge in [-0.2, -0.15) is 0 Å². The molecule has 1 atom stereocenters. The summed E-state index contributed by atoms with van der Waals surface area (Å²) in [5.74, 6) is -0.710. The summed E-state index contributed by atoms with van der Waals surface area (Å²) in [6.45, 7) is 3.16. The van der Waals surface area contributed by atoms with Gasteiger partial charge in [-0.05, 0) is 31.2 Å². The predicted molar refractivity (Wildman–Crippen MR) is 118 cm³/mol. The molecule has 2 rings (SSSR count). The van der Waals surface area contributed by atoms with Gasteiger partial charge in [0.1, 0.15) is 11.6 Å². The number of benzene rings is 1. The van der Waals surface area contributed by atoms with Gasteiger partial charge in [0, 0.05) is 32.4 Å². The first-order chi connectivity index (χ1) is 15.0. The van der Waals surface area contributed by atoms with Crippen molar-refractivity contribution in [2.45, 2.75) is 64.8 Å².